The second-order valence-electron chi connectivity index (χ2n) is 10.1. The molecule has 1 spiro atoms. The minimum absolute atomic E-state index is 0.00326. The molecule has 39 heavy (non-hydrogen) atoms. The van der Waals surface area contributed by atoms with Crippen molar-refractivity contribution in [3.63, 3.8) is 0 Å². The van der Waals surface area contributed by atoms with Gasteiger partial charge in [0, 0.05) is 49.6 Å². The predicted molar refractivity (Wildman–Crippen MR) is 123 cm³/mol. The molecule has 3 aliphatic rings. The van der Waals surface area contributed by atoms with E-state index >= 15 is 8.78 Å². The maximum absolute atomic E-state index is 15.2. The quantitative estimate of drug-likeness (QED) is 0.448. The lowest BCUT2D eigenvalue weighted by Crippen LogP contribution is -2.62. The van der Waals surface area contributed by atoms with Crippen LogP contribution in [0.3, 0.4) is 0 Å². The zero-order chi connectivity index (χ0) is 27.9. The van der Waals surface area contributed by atoms with Crippen LogP contribution in [-0.2, 0) is 10.7 Å². The highest BCUT2D eigenvalue weighted by Gasteiger charge is 2.66. The number of aromatic amines is 1. The lowest BCUT2D eigenvalue weighted by molar-refractivity contribution is -0.147. The van der Waals surface area contributed by atoms with Crippen LogP contribution in [0.15, 0.2) is 28.7 Å². The molecule has 1 unspecified atom stereocenters. The maximum Gasteiger partial charge on any atom is 0.349 e. The number of aromatic nitrogens is 4. The van der Waals surface area contributed by atoms with Crippen LogP contribution in [0.2, 0.25) is 10.0 Å². The van der Waals surface area contributed by atoms with Crippen molar-refractivity contribution in [3.05, 3.63) is 63.3 Å². The first-order valence-corrected chi connectivity index (χ1v) is 12.4. The van der Waals surface area contributed by atoms with Crippen molar-refractivity contribution in [2.24, 2.45) is 11.3 Å². The number of alkyl halides is 4. The number of carbonyl (C=O) groups is 2. The maximum atomic E-state index is 15.2. The minimum Gasteiger partial charge on any atom is -0.419 e. The van der Waals surface area contributed by atoms with Crippen molar-refractivity contribution in [2.45, 2.75) is 24.2 Å². The van der Waals surface area contributed by atoms with Gasteiger partial charge in [0.05, 0.1) is 16.0 Å². The fourth-order valence-electron chi connectivity index (χ4n) is 5.24. The minimum atomic E-state index is -3.74. The molecule has 3 aromatic rings. The van der Waals surface area contributed by atoms with Crippen molar-refractivity contribution in [1.29, 1.82) is 0 Å². The molecule has 16 heteroatoms. The number of benzene rings is 1. The molecule has 1 saturated carbocycles. The van der Waals surface area contributed by atoms with Crippen LogP contribution < -0.4 is 0 Å². The number of amides is 2. The number of nitrogens with one attached hydrogen (secondary N) is 1. The first kappa shape index (κ1) is 26.0. The van der Waals surface area contributed by atoms with Gasteiger partial charge in [-0.05, 0) is 12.1 Å². The van der Waals surface area contributed by atoms with E-state index in [2.05, 4.69) is 15.3 Å². The Morgan fingerprint density at radius 2 is 1.77 bits per heavy atom. The Balaban J connectivity index is 1.28. The van der Waals surface area contributed by atoms with Gasteiger partial charge in [-0.1, -0.05) is 29.3 Å². The van der Waals surface area contributed by atoms with Crippen LogP contribution in [0.5, 0.6) is 0 Å². The van der Waals surface area contributed by atoms with Gasteiger partial charge in [-0.25, -0.2) is 8.78 Å². The molecule has 1 aliphatic carbocycles. The molecule has 3 fully saturated rings. The van der Waals surface area contributed by atoms with E-state index < -0.39 is 64.7 Å². The van der Waals surface area contributed by atoms with Crippen LogP contribution in [-0.4, -0.2) is 74.1 Å². The molecular weight excluding hydrogens is 574 g/mol. The Morgan fingerprint density at radius 3 is 2.38 bits per heavy atom. The number of hydrogen-bond donors (Lipinski definition) is 1. The monoisotopic (exact) mass is 590 g/mol. The Bertz CT molecular complexity index is 1490. The van der Waals surface area contributed by atoms with E-state index in [0.717, 1.165) is 18.2 Å². The summed E-state index contributed by atoms with van der Waals surface area (Å²) in [6.45, 7) is -0.184. The smallest absolute Gasteiger partial charge is 0.349 e. The van der Waals surface area contributed by atoms with Crippen LogP contribution in [0.1, 0.15) is 40.2 Å². The Labute approximate surface area is 226 Å². The molecule has 9 nitrogen and oxygen atoms in total. The van der Waals surface area contributed by atoms with Crippen molar-refractivity contribution in [3.8, 4) is 0 Å². The van der Waals surface area contributed by atoms with E-state index in [1.165, 1.54) is 15.9 Å². The van der Waals surface area contributed by atoms with Crippen LogP contribution >= 0.6 is 23.2 Å². The van der Waals surface area contributed by atoms with Gasteiger partial charge >= 0.3 is 5.92 Å². The summed E-state index contributed by atoms with van der Waals surface area (Å²) in [4.78, 5) is 28.0. The summed E-state index contributed by atoms with van der Waals surface area (Å²) in [6.07, 6.45) is -0.537. The number of halogens is 7. The summed E-state index contributed by atoms with van der Waals surface area (Å²) in [7, 11) is 0. The van der Waals surface area contributed by atoms with E-state index in [4.69, 9.17) is 27.6 Å². The predicted octanol–water partition coefficient (Wildman–Crippen LogP) is 4.10. The summed E-state index contributed by atoms with van der Waals surface area (Å²) in [5, 5.41) is 13.0. The second-order valence-corrected chi connectivity index (χ2v) is 10.9. The molecular formula is C23H17Cl2F5N6O3. The van der Waals surface area contributed by atoms with Crippen LogP contribution in [0, 0.1) is 17.3 Å². The summed E-state index contributed by atoms with van der Waals surface area (Å²) in [6, 6.07) is 4.12. The Hall–Kier alpha value is -3.26. The highest BCUT2D eigenvalue weighted by molar-refractivity contribution is 6.42. The molecule has 206 valence electrons. The van der Waals surface area contributed by atoms with Gasteiger partial charge in [0.2, 0.25) is 17.7 Å². The number of nitrogens with zero attached hydrogens (tertiary/aromatic N) is 5. The summed E-state index contributed by atoms with van der Waals surface area (Å²) in [5.41, 5.74) is -1.70. The Morgan fingerprint density at radius 1 is 1.08 bits per heavy atom. The van der Waals surface area contributed by atoms with Crippen molar-refractivity contribution in [1.82, 2.24) is 30.2 Å². The summed E-state index contributed by atoms with van der Waals surface area (Å²) >= 11 is 11.7. The van der Waals surface area contributed by atoms with Crippen molar-refractivity contribution in [2.75, 3.05) is 26.2 Å². The molecule has 2 saturated heterocycles. The number of rotatable bonds is 5. The zero-order valence-corrected chi connectivity index (χ0v) is 21.1. The summed E-state index contributed by atoms with van der Waals surface area (Å²) < 4.78 is 76.2. The van der Waals surface area contributed by atoms with Gasteiger partial charge in [-0.15, -0.1) is 10.2 Å². The van der Waals surface area contributed by atoms with Gasteiger partial charge in [-0.2, -0.15) is 18.3 Å². The molecule has 2 aliphatic heterocycles. The third-order valence-corrected chi connectivity index (χ3v) is 8.18. The molecule has 1 N–H and O–H groups in total. The first-order chi connectivity index (χ1) is 18.3. The van der Waals surface area contributed by atoms with E-state index in [-0.39, 0.29) is 47.8 Å². The summed E-state index contributed by atoms with van der Waals surface area (Å²) in [5.74, 6) is -12.5. The zero-order valence-electron chi connectivity index (χ0n) is 19.6. The molecule has 1 aromatic carbocycles. The third-order valence-electron chi connectivity index (χ3n) is 7.44. The standard InChI is InChI=1S/C23H17Cl2F5N6O3/c24-13-2-1-10(3-14(13)25)23(29,30)20-34-33-17(39-20)12-6-35(19(38)15-4-16(26)32-31-15)7-21(12)8-36(9-21)18(37)11-5-22(11,27)28/h1-4,11-12H,5-9H2,(H,31,32)/t11-,12?/m1/s1. The van der Waals surface area contributed by atoms with Crippen LogP contribution in [0.25, 0.3) is 0 Å². The first-order valence-electron chi connectivity index (χ1n) is 11.6. The topological polar surface area (TPSA) is 108 Å². The van der Waals surface area contributed by atoms with E-state index in [0.29, 0.717) is 0 Å². The van der Waals surface area contributed by atoms with Gasteiger partial charge < -0.3 is 14.2 Å². The SMILES string of the molecule is O=C(c1cc(F)[nH]n1)N1CC(c2nnc(C(F)(F)c3ccc(Cl)c(Cl)c3)o2)C2(C1)CN(C(=O)[C@H]1CC1(F)F)C2. The third kappa shape index (κ3) is 4.24. The fraction of sp³-hybridized carbons (Fsp3) is 0.435. The molecule has 2 atom stereocenters. The second kappa shape index (κ2) is 8.62. The van der Waals surface area contributed by atoms with Gasteiger partial charge in [0.25, 0.3) is 17.7 Å². The van der Waals surface area contributed by atoms with Crippen molar-refractivity contribution >= 4 is 35.0 Å². The molecule has 0 radical (unpaired) electrons. The molecule has 6 rings (SSSR count). The molecule has 0 bridgehead atoms. The average Bonchev–Trinajstić information content (AvgIpc) is 3.33. The number of hydrogen-bond acceptors (Lipinski definition) is 6. The molecule has 4 heterocycles. The number of likely N-dealkylation sites (tertiary alicyclic amines) is 2. The average molecular weight is 591 g/mol. The highest BCUT2D eigenvalue weighted by Crippen LogP contribution is 2.54. The van der Waals surface area contributed by atoms with E-state index in [9.17, 15) is 22.8 Å². The van der Waals surface area contributed by atoms with Gasteiger partial charge in [0.15, 0.2) is 5.69 Å². The van der Waals surface area contributed by atoms with Gasteiger partial charge in [-0.3, -0.25) is 14.7 Å². The molecule has 2 aromatic heterocycles. The van der Waals surface area contributed by atoms with E-state index in [1.807, 2.05) is 5.10 Å². The van der Waals surface area contributed by atoms with Crippen molar-refractivity contribution < 1.29 is 36.0 Å². The number of H-pyrrole nitrogens is 1. The lowest BCUT2D eigenvalue weighted by atomic mass is 9.71. The highest BCUT2D eigenvalue weighted by atomic mass is 35.5. The Kier molecular flexibility index (Phi) is 5.74. The normalized spacial score (nSPS) is 23.3. The molecule has 2 amide bonds. The lowest BCUT2D eigenvalue weighted by Gasteiger charge is -2.50. The van der Waals surface area contributed by atoms with Gasteiger partial charge in [0.1, 0.15) is 5.92 Å². The van der Waals surface area contributed by atoms with Crippen LogP contribution in [0.4, 0.5) is 22.0 Å². The fourth-order valence-corrected chi connectivity index (χ4v) is 5.54. The largest absolute Gasteiger partial charge is 0.419 e. The van der Waals surface area contributed by atoms with E-state index in [1.54, 1.807) is 0 Å². The number of carbonyl (C=O) groups excluding carboxylic acids is 2.